The summed E-state index contributed by atoms with van der Waals surface area (Å²) in [5.74, 6) is -4.18. The third-order valence-corrected chi connectivity index (χ3v) is 10.7. The van der Waals surface area contributed by atoms with Crippen molar-refractivity contribution in [3.63, 3.8) is 0 Å². The number of rotatable bonds is 14. The first-order valence-corrected chi connectivity index (χ1v) is 17.5. The molecule has 2 saturated heterocycles. The Hall–Kier alpha value is -3.70. The van der Waals surface area contributed by atoms with Gasteiger partial charge in [0.1, 0.15) is 30.5 Å². The van der Waals surface area contributed by atoms with E-state index < -0.39 is 90.4 Å². The molecular weight excluding hydrogens is 692 g/mol. The van der Waals surface area contributed by atoms with Crippen LogP contribution in [-0.4, -0.2) is 115 Å². The van der Waals surface area contributed by atoms with Crippen LogP contribution in [0.5, 0.6) is 0 Å². The summed E-state index contributed by atoms with van der Waals surface area (Å²) in [5, 5.41) is 51.5. The average molecular weight is 729 g/mol. The predicted octanol–water partition coefficient (Wildman–Crippen LogP) is -3.87. The molecule has 4 amide bonds. The van der Waals surface area contributed by atoms with Gasteiger partial charge in [-0.15, -0.1) is 0 Å². The average Bonchev–Trinajstić information content (AvgIpc) is 3.72. The number of aliphatic hydroxyl groups is 4. The number of nitrogens with two attached hydrogens (primary N) is 1. The van der Waals surface area contributed by atoms with Gasteiger partial charge in [-0.2, -0.15) is 0 Å². The largest absolute Gasteiger partial charge is 0.456 e. The number of ether oxygens (including phenoxy) is 3. The smallest absolute Gasteiger partial charge is 0.330 e. The van der Waals surface area contributed by atoms with E-state index >= 15 is 0 Å². The van der Waals surface area contributed by atoms with Gasteiger partial charge in [-0.25, -0.2) is 4.79 Å². The molecule has 49 heavy (non-hydrogen) atoms. The van der Waals surface area contributed by atoms with Crippen molar-refractivity contribution in [2.45, 2.75) is 80.0 Å². The molecule has 10 N–H and O–H groups in total. The van der Waals surface area contributed by atoms with Gasteiger partial charge in [-0.05, 0) is 18.9 Å². The van der Waals surface area contributed by atoms with Crippen LogP contribution in [0.3, 0.4) is 0 Å². The summed E-state index contributed by atoms with van der Waals surface area (Å²) in [5.41, 5.74) is 4.66. The van der Waals surface area contributed by atoms with Gasteiger partial charge in [0.2, 0.25) is 24.0 Å². The van der Waals surface area contributed by atoms with E-state index in [9.17, 15) is 49.2 Å². The molecule has 21 heteroatoms. The van der Waals surface area contributed by atoms with Gasteiger partial charge in [0, 0.05) is 42.3 Å². The first-order valence-electron chi connectivity index (χ1n) is 15.3. The molecule has 1 aromatic heterocycles. The van der Waals surface area contributed by atoms with Gasteiger partial charge in [0.05, 0.1) is 11.9 Å². The number of unbranched alkanes of at least 4 members (excludes halogenated alkanes) is 2. The normalized spacial score (nSPS) is 31.2. The summed E-state index contributed by atoms with van der Waals surface area (Å²) in [7, 11) is 3.00. The molecule has 268 valence electrons. The van der Waals surface area contributed by atoms with Gasteiger partial charge in [0.15, 0.2) is 18.1 Å². The second-order valence-electron chi connectivity index (χ2n) is 11.6. The fourth-order valence-electron chi connectivity index (χ4n) is 5.67. The predicted molar refractivity (Wildman–Crippen MR) is 169 cm³/mol. The van der Waals surface area contributed by atoms with Crippen molar-refractivity contribution < 1.29 is 53.8 Å². The van der Waals surface area contributed by atoms with Gasteiger partial charge in [-0.3, -0.25) is 33.5 Å². The van der Waals surface area contributed by atoms with Gasteiger partial charge < -0.3 is 56.3 Å². The molecule has 19 nitrogen and oxygen atoms in total. The fourth-order valence-corrected chi connectivity index (χ4v) is 8.25. The lowest BCUT2D eigenvalue weighted by atomic mass is 9.94. The van der Waals surface area contributed by atoms with E-state index in [0.717, 1.165) is 28.6 Å². The fraction of sp³-hybridized carbons (Fsp3) is 0.571. The van der Waals surface area contributed by atoms with Gasteiger partial charge in [-0.1, -0.05) is 28.0 Å². The lowest BCUT2D eigenvalue weighted by Gasteiger charge is -2.35. The molecule has 4 aliphatic heterocycles. The van der Waals surface area contributed by atoms with Crippen LogP contribution in [0.15, 0.2) is 44.8 Å². The van der Waals surface area contributed by atoms with Crippen LogP contribution in [0.25, 0.3) is 0 Å². The van der Waals surface area contributed by atoms with Crippen LogP contribution in [0.2, 0.25) is 0 Å². The second kappa shape index (κ2) is 15.9. The third kappa shape index (κ3) is 8.20. The zero-order valence-electron chi connectivity index (χ0n) is 25.6. The molecule has 1 aromatic rings. The Labute approximate surface area is 285 Å². The molecule has 5 heterocycles. The highest BCUT2D eigenvalue weighted by molar-refractivity contribution is 8.78. The van der Waals surface area contributed by atoms with Crippen LogP contribution in [0.4, 0.5) is 0 Å². The maximum Gasteiger partial charge on any atom is 0.330 e. The SMILES string of the molecule is NC(=O)[C@H](O[C@H]1OC(C(=O)NCCCCCC(=O)NC2C(=O)NC3=CSSC32)=C[C@H](O)[C@@H]1O)[C@H]1O[C@@H](n2ccc(=O)[nH]c2=O)[C@H](O)[C@@H]1CO. The number of nitrogens with one attached hydrogen (secondary N) is 4. The number of aromatic amines is 1. The van der Waals surface area contributed by atoms with E-state index in [4.69, 9.17) is 19.9 Å². The maximum absolute atomic E-state index is 12.8. The summed E-state index contributed by atoms with van der Waals surface area (Å²) in [6.45, 7) is -0.612. The van der Waals surface area contributed by atoms with E-state index in [1.165, 1.54) is 21.6 Å². The summed E-state index contributed by atoms with van der Waals surface area (Å²) < 4.78 is 17.6. The molecule has 0 aliphatic carbocycles. The number of H-pyrrole nitrogens is 1. The highest BCUT2D eigenvalue weighted by Gasteiger charge is 2.52. The highest BCUT2D eigenvalue weighted by Crippen LogP contribution is 2.43. The van der Waals surface area contributed by atoms with E-state index in [1.807, 2.05) is 10.4 Å². The number of carbonyl (C=O) groups excluding carboxylic acids is 4. The Morgan fingerprint density at radius 1 is 1.12 bits per heavy atom. The lowest BCUT2D eigenvalue weighted by Crippen LogP contribution is -2.53. The summed E-state index contributed by atoms with van der Waals surface area (Å²) in [4.78, 5) is 75.6. The number of aliphatic hydroxyl groups excluding tert-OH is 4. The zero-order chi connectivity index (χ0) is 35.4. The number of carbonyl (C=O) groups is 4. The summed E-state index contributed by atoms with van der Waals surface area (Å²) >= 11 is 0. The number of amides is 4. The molecule has 0 spiro atoms. The Balaban J connectivity index is 1.11. The zero-order valence-corrected chi connectivity index (χ0v) is 27.3. The van der Waals surface area contributed by atoms with Crippen molar-refractivity contribution in [2.24, 2.45) is 11.7 Å². The van der Waals surface area contributed by atoms with E-state index in [1.54, 1.807) is 0 Å². The number of nitrogens with zero attached hydrogens (tertiary/aromatic N) is 1. The molecular formula is C28H36N6O13S2. The minimum absolute atomic E-state index is 0.131. The Morgan fingerprint density at radius 2 is 1.90 bits per heavy atom. The molecule has 0 aromatic carbocycles. The van der Waals surface area contributed by atoms with Crippen molar-refractivity contribution in [3.05, 3.63) is 56.0 Å². The monoisotopic (exact) mass is 728 g/mol. The highest BCUT2D eigenvalue weighted by atomic mass is 33.1. The Bertz CT molecular complexity index is 1620. The standard InChI is InChI=1S/C28H36N6O13S2/c29-23(41)21(20-11(9-35)18(39)26(46-20)34-7-5-16(38)33-28(34)44)47-27-19(40)13(36)8-14(45-27)24(42)30-6-3-1-2-4-15(37)32-17-22-12(10-48-49-22)31-25(17)43/h5,7-8,10-11,13,17-22,26-27,35-36,39-40H,1-4,6,9H2,(H2,29,41)(H,30,42)(H,31,43)(H,32,37)(H,33,38,44)/t11-,13-,17?,18+,19-,20-,21+,22?,26+,27+/m0/s1. The third-order valence-electron chi connectivity index (χ3n) is 8.24. The molecule has 4 aliphatic rings. The molecule has 5 rings (SSSR count). The topological polar surface area (TPSA) is 294 Å². The van der Waals surface area contributed by atoms with E-state index in [2.05, 4.69) is 16.0 Å². The van der Waals surface area contributed by atoms with Crippen LogP contribution >= 0.6 is 21.6 Å². The summed E-state index contributed by atoms with van der Waals surface area (Å²) in [6, 6.07) is 0.368. The minimum Gasteiger partial charge on any atom is -0.456 e. The minimum atomic E-state index is -1.85. The van der Waals surface area contributed by atoms with Gasteiger partial charge in [0.25, 0.3) is 11.5 Å². The Morgan fingerprint density at radius 3 is 2.61 bits per heavy atom. The van der Waals surface area contributed by atoms with Crippen molar-refractivity contribution in [1.29, 1.82) is 0 Å². The van der Waals surface area contributed by atoms with Gasteiger partial charge >= 0.3 is 5.69 Å². The molecule has 2 unspecified atom stereocenters. The molecule has 0 radical (unpaired) electrons. The molecule has 2 fully saturated rings. The molecule has 0 saturated carbocycles. The molecule has 10 atom stereocenters. The number of aromatic nitrogens is 2. The number of hydrogen-bond donors (Lipinski definition) is 9. The van der Waals surface area contributed by atoms with Crippen molar-refractivity contribution in [3.8, 4) is 0 Å². The van der Waals surface area contributed by atoms with Crippen LogP contribution in [-0.2, 0) is 33.4 Å². The van der Waals surface area contributed by atoms with Crippen molar-refractivity contribution in [2.75, 3.05) is 13.2 Å². The number of fused-ring (bicyclic) bond motifs is 1. The maximum atomic E-state index is 12.8. The quantitative estimate of drug-likeness (QED) is 0.0654. The number of hydrogen-bond acceptors (Lipinski definition) is 15. The summed E-state index contributed by atoms with van der Waals surface area (Å²) in [6.07, 6.45) is -8.08. The van der Waals surface area contributed by atoms with Crippen LogP contribution in [0.1, 0.15) is 31.9 Å². The lowest BCUT2D eigenvalue weighted by molar-refractivity contribution is -0.239. The van der Waals surface area contributed by atoms with Crippen molar-refractivity contribution >= 4 is 45.2 Å². The van der Waals surface area contributed by atoms with E-state index in [0.29, 0.717) is 19.3 Å². The molecule has 0 bridgehead atoms. The van der Waals surface area contributed by atoms with Crippen LogP contribution in [0, 0.1) is 5.92 Å². The second-order valence-corrected chi connectivity index (χ2v) is 13.9. The first-order chi connectivity index (χ1) is 23.4. The Kier molecular flexibility index (Phi) is 11.9. The first kappa shape index (κ1) is 36.6. The van der Waals surface area contributed by atoms with E-state index in [-0.39, 0.29) is 30.0 Å². The number of primary amides is 1. The van der Waals surface area contributed by atoms with Crippen molar-refractivity contribution in [1.82, 2.24) is 25.5 Å². The van der Waals surface area contributed by atoms with Crippen LogP contribution < -0.4 is 32.9 Å².